The summed E-state index contributed by atoms with van der Waals surface area (Å²) in [5, 5.41) is 4.48. The number of amides is 1. The number of aromatic nitrogens is 1. The first-order valence-electron chi connectivity index (χ1n) is 7.09. The number of carbonyl (C=O) groups is 1. The van der Waals surface area contributed by atoms with E-state index in [1.54, 1.807) is 12.1 Å². The minimum atomic E-state index is -0.0690. The molecule has 1 fully saturated rings. The summed E-state index contributed by atoms with van der Waals surface area (Å²) in [6, 6.07) is 7.43. The Labute approximate surface area is 128 Å². The molecular formula is C16H17ClN2O2. The van der Waals surface area contributed by atoms with Crippen LogP contribution in [0.4, 0.5) is 0 Å². The van der Waals surface area contributed by atoms with Gasteiger partial charge in [-0.25, -0.2) is 0 Å². The van der Waals surface area contributed by atoms with Crippen molar-refractivity contribution in [3.05, 3.63) is 40.5 Å². The number of fused-ring (bicyclic) bond motifs is 1. The largest absolute Gasteiger partial charge is 0.381 e. The Morgan fingerprint density at radius 3 is 2.86 bits per heavy atom. The molecule has 0 radical (unpaired) electrons. The van der Waals surface area contributed by atoms with Crippen LogP contribution in [0.3, 0.4) is 0 Å². The normalized spacial score (nSPS) is 16.1. The van der Waals surface area contributed by atoms with Gasteiger partial charge in [-0.3, -0.25) is 9.78 Å². The fourth-order valence-corrected chi connectivity index (χ4v) is 2.87. The first-order chi connectivity index (χ1) is 10.1. The molecule has 1 aliphatic rings. The van der Waals surface area contributed by atoms with Gasteiger partial charge >= 0.3 is 0 Å². The van der Waals surface area contributed by atoms with E-state index in [1.165, 1.54) is 0 Å². The number of hydrogen-bond donors (Lipinski definition) is 1. The van der Waals surface area contributed by atoms with Crippen LogP contribution in [0.2, 0.25) is 5.02 Å². The topological polar surface area (TPSA) is 51.2 Å². The summed E-state index contributed by atoms with van der Waals surface area (Å²) in [7, 11) is 0. The molecule has 1 aliphatic heterocycles. The Hall–Kier alpha value is -1.65. The second kappa shape index (κ2) is 6.00. The maximum atomic E-state index is 12.3. The first-order valence-corrected chi connectivity index (χ1v) is 7.47. The molecule has 2 heterocycles. The number of nitrogens with one attached hydrogen (secondary N) is 1. The van der Waals surface area contributed by atoms with E-state index in [0.717, 1.165) is 29.4 Å². The summed E-state index contributed by atoms with van der Waals surface area (Å²) in [6.45, 7) is 3.31. The number of ether oxygens (including phenoxy) is 1. The van der Waals surface area contributed by atoms with Crippen molar-refractivity contribution in [1.29, 1.82) is 0 Å². The fraction of sp³-hybridized carbons (Fsp3) is 0.375. The van der Waals surface area contributed by atoms with Crippen molar-refractivity contribution in [2.75, 3.05) is 13.2 Å². The molecule has 0 unspecified atom stereocenters. The molecule has 1 amide bonds. The van der Waals surface area contributed by atoms with Gasteiger partial charge in [-0.05, 0) is 44.0 Å². The molecule has 2 aromatic rings. The van der Waals surface area contributed by atoms with Crippen molar-refractivity contribution in [3.8, 4) is 0 Å². The highest BCUT2D eigenvalue weighted by atomic mass is 35.5. The fourth-order valence-electron chi connectivity index (χ4n) is 2.56. The van der Waals surface area contributed by atoms with Gasteiger partial charge in [0.2, 0.25) is 0 Å². The number of halogens is 1. The smallest absolute Gasteiger partial charge is 0.251 e. The molecule has 0 spiro atoms. The molecule has 0 saturated carbocycles. The average molecular weight is 305 g/mol. The summed E-state index contributed by atoms with van der Waals surface area (Å²) in [5.74, 6) is -0.0690. The highest BCUT2D eigenvalue weighted by molar-refractivity contribution is 6.35. The first kappa shape index (κ1) is 14.3. The lowest BCUT2D eigenvalue weighted by Crippen LogP contribution is -2.38. The number of nitrogens with zero attached hydrogens (tertiary/aromatic N) is 1. The average Bonchev–Trinajstić information content (AvgIpc) is 2.47. The van der Waals surface area contributed by atoms with Gasteiger partial charge in [0.25, 0.3) is 5.91 Å². The lowest BCUT2D eigenvalue weighted by molar-refractivity contribution is 0.0696. The van der Waals surface area contributed by atoms with Gasteiger partial charge in [0, 0.05) is 35.9 Å². The lowest BCUT2D eigenvalue weighted by atomic mass is 10.1. The van der Waals surface area contributed by atoms with E-state index in [4.69, 9.17) is 16.3 Å². The molecule has 4 nitrogen and oxygen atoms in total. The maximum absolute atomic E-state index is 12.3. The number of benzene rings is 1. The summed E-state index contributed by atoms with van der Waals surface area (Å²) in [6.07, 6.45) is 1.72. The van der Waals surface area contributed by atoms with Crippen molar-refractivity contribution >= 4 is 28.4 Å². The van der Waals surface area contributed by atoms with E-state index in [2.05, 4.69) is 10.3 Å². The van der Waals surface area contributed by atoms with Crippen LogP contribution >= 0.6 is 11.6 Å². The molecule has 5 heteroatoms. The van der Waals surface area contributed by atoms with Crippen molar-refractivity contribution < 1.29 is 9.53 Å². The van der Waals surface area contributed by atoms with Crippen molar-refractivity contribution in [2.45, 2.75) is 25.8 Å². The third-order valence-electron chi connectivity index (χ3n) is 3.70. The summed E-state index contributed by atoms with van der Waals surface area (Å²) in [5.41, 5.74) is 2.29. The highest BCUT2D eigenvalue weighted by Gasteiger charge is 2.17. The van der Waals surface area contributed by atoms with Crippen molar-refractivity contribution in [1.82, 2.24) is 10.3 Å². The number of hydrogen-bond acceptors (Lipinski definition) is 3. The van der Waals surface area contributed by atoms with E-state index >= 15 is 0 Å². The van der Waals surface area contributed by atoms with Crippen LogP contribution in [0.25, 0.3) is 10.9 Å². The van der Waals surface area contributed by atoms with E-state index in [9.17, 15) is 4.79 Å². The van der Waals surface area contributed by atoms with Gasteiger partial charge in [0.15, 0.2) is 0 Å². The maximum Gasteiger partial charge on any atom is 0.251 e. The van der Waals surface area contributed by atoms with E-state index in [0.29, 0.717) is 23.8 Å². The second-order valence-electron chi connectivity index (χ2n) is 5.34. The second-order valence-corrected chi connectivity index (χ2v) is 5.74. The SMILES string of the molecule is Cc1cc(Cl)c2cc(C(=O)NC3CCOCC3)ccc2n1. The predicted octanol–water partition coefficient (Wildman–Crippen LogP) is 3.11. The Balaban J connectivity index is 1.84. The standard InChI is InChI=1S/C16H17ClN2O2/c1-10-8-14(17)13-9-11(2-3-15(13)18-10)16(20)19-12-4-6-21-7-5-12/h2-3,8-9,12H,4-7H2,1H3,(H,19,20). The van der Waals surface area contributed by atoms with Crippen LogP contribution in [0.15, 0.2) is 24.3 Å². The van der Waals surface area contributed by atoms with Crippen LogP contribution in [-0.4, -0.2) is 30.1 Å². The van der Waals surface area contributed by atoms with E-state index in [-0.39, 0.29) is 11.9 Å². The van der Waals surface area contributed by atoms with Gasteiger partial charge in [0.1, 0.15) is 0 Å². The summed E-state index contributed by atoms with van der Waals surface area (Å²) >= 11 is 6.24. The zero-order chi connectivity index (χ0) is 14.8. The summed E-state index contributed by atoms with van der Waals surface area (Å²) in [4.78, 5) is 16.7. The minimum Gasteiger partial charge on any atom is -0.381 e. The van der Waals surface area contributed by atoms with E-state index in [1.807, 2.05) is 19.1 Å². The van der Waals surface area contributed by atoms with Gasteiger partial charge in [-0.2, -0.15) is 0 Å². The minimum absolute atomic E-state index is 0.0690. The number of pyridine rings is 1. The molecule has 21 heavy (non-hydrogen) atoms. The van der Waals surface area contributed by atoms with Gasteiger partial charge in [-0.15, -0.1) is 0 Å². The van der Waals surface area contributed by atoms with Crippen LogP contribution < -0.4 is 5.32 Å². The Morgan fingerprint density at radius 2 is 2.10 bits per heavy atom. The molecule has 1 saturated heterocycles. The van der Waals surface area contributed by atoms with Crippen molar-refractivity contribution in [2.24, 2.45) is 0 Å². The molecule has 0 aliphatic carbocycles. The monoisotopic (exact) mass is 304 g/mol. The van der Waals surface area contributed by atoms with Crippen LogP contribution in [0.5, 0.6) is 0 Å². The predicted molar refractivity (Wildman–Crippen MR) is 82.8 cm³/mol. The molecule has 1 aromatic heterocycles. The summed E-state index contributed by atoms with van der Waals surface area (Å²) < 4.78 is 5.29. The quantitative estimate of drug-likeness (QED) is 0.927. The van der Waals surface area contributed by atoms with Gasteiger partial charge in [-0.1, -0.05) is 11.6 Å². The van der Waals surface area contributed by atoms with Gasteiger partial charge in [0.05, 0.1) is 10.5 Å². The zero-order valence-corrected chi connectivity index (χ0v) is 12.6. The van der Waals surface area contributed by atoms with Crippen LogP contribution in [0.1, 0.15) is 28.9 Å². The lowest BCUT2D eigenvalue weighted by Gasteiger charge is -2.23. The molecular weight excluding hydrogens is 288 g/mol. The number of aryl methyl sites for hydroxylation is 1. The highest BCUT2D eigenvalue weighted by Crippen LogP contribution is 2.24. The third-order valence-corrected chi connectivity index (χ3v) is 4.02. The number of rotatable bonds is 2. The molecule has 110 valence electrons. The Morgan fingerprint density at radius 1 is 1.33 bits per heavy atom. The van der Waals surface area contributed by atoms with Crippen molar-refractivity contribution in [3.63, 3.8) is 0 Å². The van der Waals surface area contributed by atoms with E-state index < -0.39 is 0 Å². The number of carbonyl (C=O) groups excluding carboxylic acids is 1. The molecule has 1 N–H and O–H groups in total. The molecule has 0 atom stereocenters. The molecule has 0 bridgehead atoms. The Kier molecular flexibility index (Phi) is 4.08. The zero-order valence-electron chi connectivity index (χ0n) is 11.9. The van der Waals surface area contributed by atoms with Gasteiger partial charge < -0.3 is 10.1 Å². The Bertz CT molecular complexity index is 681. The van der Waals surface area contributed by atoms with Crippen LogP contribution in [0, 0.1) is 6.92 Å². The molecule has 1 aromatic carbocycles. The molecule has 3 rings (SSSR count). The van der Waals surface area contributed by atoms with Crippen LogP contribution in [-0.2, 0) is 4.74 Å². The third kappa shape index (κ3) is 3.17.